The second-order valence-electron chi connectivity index (χ2n) is 6.03. The van der Waals surface area contributed by atoms with Crippen LogP contribution in [0.5, 0.6) is 0 Å². The zero-order valence-corrected chi connectivity index (χ0v) is 15.3. The van der Waals surface area contributed by atoms with Crippen molar-refractivity contribution in [1.82, 2.24) is 4.98 Å². The van der Waals surface area contributed by atoms with Gasteiger partial charge in [0.2, 0.25) is 10.0 Å². The molecule has 130 valence electrons. The summed E-state index contributed by atoms with van der Waals surface area (Å²) in [5.41, 5.74) is 2.19. The number of nitrogens with zero attached hydrogens (tertiary/aromatic N) is 2. The monoisotopic (exact) mass is 347 g/mol. The quantitative estimate of drug-likeness (QED) is 0.792. The Labute approximate surface area is 144 Å². The first-order valence-electron chi connectivity index (χ1n) is 8.18. The molecule has 1 N–H and O–H groups in total. The van der Waals surface area contributed by atoms with E-state index in [0.29, 0.717) is 18.3 Å². The molecule has 24 heavy (non-hydrogen) atoms. The molecule has 2 rings (SSSR count). The average molecular weight is 347 g/mol. The maximum atomic E-state index is 11.8. The number of hydrogen-bond donors (Lipinski definition) is 1. The van der Waals surface area contributed by atoms with E-state index < -0.39 is 10.0 Å². The molecule has 0 aliphatic heterocycles. The van der Waals surface area contributed by atoms with Crippen LogP contribution in [-0.4, -0.2) is 25.2 Å². The molecule has 0 atom stereocenters. The van der Waals surface area contributed by atoms with Gasteiger partial charge in [-0.1, -0.05) is 37.3 Å². The molecule has 0 radical (unpaired) electrons. The van der Waals surface area contributed by atoms with Gasteiger partial charge in [0.15, 0.2) is 0 Å². The molecular weight excluding hydrogens is 322 g/mol. The molecule has 0 spiro atoms. The minimum Gasteiger partial charge on any atom is -0.364 e. The summed E-state index contributed by atoms with van der Waals surface area (Å²) in [6, 6.07) is 14.2. The van der Waals surface area contributed by atoms with Gasteiger partial charge in [-0.25, -0.2) is 13.4 Å². The minimum absolute atomic E-state index is 0.0998. The summed E-state index contributed by atoms with van der Waals surface area (Å²) in [6.07, 6.45) is 2.29. The Hall–Kier alpha value is -2.08. The van der Waals surface area contributed by atoms with E-state index in [2.05, 4.69) is 40.6 Å². The fourth-order valence-corrected chi connectivity index (χ4v) is 3.53. The van der Waals surface area contributed by atoms with Crippen molar-refractivity contribution in [1.29, 1.82) is 0 Å². The summed E-state index contributed by atoms with van der Waals surface area (Å²) in [4.78, 5) is 6.49. The normalized spacial score (nSPS) is 11.5. The summed E-state index contributed by atoms with van der Waals surface area (Å²) >= 11 is 0. The van der Waals surface area contributed by atoms with Crippen LogP contribution in [0.25, 0.3) is 0 Å². The maximum absolute atomic E-state index is 11.8. The molecule has 6 heteroatoms. The predicted molar refractivity (Wildman–Crippen MR) is 99.7 cm³/mol. The van der Waals surface area contributed by atoms with Crippen molar-refractivity contribution < 1.29 is 8.42 Å². The molecule has 0 saturated heterocycles. The highest BCUT2D eigenvalue weighted by atomic mass is 32.2. The number of anilines is 2. The van der Waals surface area contributed by atoms with Gasteiger partial charge in [0, 0.05) is 12.6 Å². The molecule has 0 saturated carbocycles. The Kier molecular flexibility index (Phi) is 6.20. The van der Waals surface area contributed by atoms with E-state index in [0.717, 1.165) is 12.2 Å². The topological polar surface area (TPSA) is 62.3 Å². The zero-order valence-electron chi connectivity index (χ0n) is 14.4. The number of nitrogens with one attached hydrogen (secondary N) is 1. The molecule has 0 bridgehead atoms. The summed E-state index contributed by atoms with van der Waals surface area (Å²) in [7, 11) is -3.31. The molecule has 0 aliphatic rings. The third kappa shape index (κ3) is 5.23. The maximum Gasteiger partial charge on any atom is 0.233 e. The van der Waals surface area contributed by atoms with Crippen molar-refractivity contribution in [2.45, 2.75) is 39.8 Å². The van der Waals surface area contributed by atoms with E-state index in [1.165, 1.54) is 5.56 Å². The first-order chi connectivity index (χ1) is 11.4. The lowest BCUT2D eigenvalue weighted by Gasteiger charge is -2.29. The van der Waals surface area contributed by atoms with Gasteiger partial charge in [-0.15, -0.1) is 0 Å². The highest BCUT2D eigenvalue weighted by molar-refractivity contribution is 7.92. The Morgan fingerprint density at radius 1 is 1.12 bits per heavy atom. The van der Waals surface area contributed by atoms with Gasteiger partial charge in [-0.2, -0.15) is 0 Å². The van der Waals surface area contributed by atoms with Crippen molar-refractivity contribution >= 4 is 21.5 Å². The molecule has 5 nitrogen and oxygen atoms in total. The van der Waals surface area contributed by atoms with E-state index in [9.17, 15) is 8.42 Å². The smallest absolute Gasteiger partial charge is 0.233 e. The highest BCUT2D eigenvalue weighted by Crippen LogP contribution is 2.21. The Morgan fingerprint density at radius 3 is 2.38 bits per heavy atom. The van der Waals surface area contributed by atoms with Gasteiger partial charge in [0.25, 0.3) is 0 Å². The second-order valence-corrected chi connectivity index (χ2v) is 7.87. The Morgan fingerprint density at radius 2 is 1.83 bits per heavy atom. The van der Waals surface area contributed by atoms with Crippen LogP contribution in [0.2, 0.25) is 0 Å². The number of pyridine rings is 1. The van der Waals surface area contributed by atoms with Crippen LogP contribution < -0.4 is 9.62 Å². The van der Waals surface area contributed by atoms with Crippen LogP contribution in [0.3, 0.4) is 0 Å². The summed E-state index contributed by atoms with van der Waals surface area (Å²) < 4.78 is 26.1. The van der Waals surface area contributed by atoms with Gasteiger partial charge in [0.1, 0.15) is 5.82 Å². The van der Waals surface area contributed by atoms with Crippen LogP contribution in [0.1, 0.15) is 32.8 Å². The van der Waals surface area contributed by atoms with Crippen LogP contribution in [0.15, 0.2) is 48.7 Å². The first-order valence-corrected chi connectivity index (χ1v) is 9.83. The molecule has 0 amide bonds. The fraction of sp³-hybridized carbons (Fsp3) is 0.389. The molecule has 0 aliphatic carbocycles. The first kappa shape index (κ1) is 18.3. The number of hydrogen-bond acceptors (Lipinski definition) is 4. The standard InChI is InChI=1S/C18H25N3O2S/c1-4-12-24(22,23)20-18-11-10-17(13-19-18)21(15(2)3)14-16-8-6-5-7-9-16/h5-11,13,15H,4,12,14H2,1-3H3,(H,19,20). The molecular formula is C18H25N3O2S. The lowest BCUT2D eigenvalue weighted by atomic mass is 10.1. The minimum atomic E-state index is -3.31. The molecule has 2 aromatic rings. The second kappa shape index (κ2) is 8.15. The van der Waals surface area contributed by atoms with Gasteiger partial charge in [-0.05, 0) is 38.0 Å². The Bertz CT molecular complexity index is 729. The van der Waals surface area contributed by atoms with Crippen LogP contribution >= 0.6 is 0 Å². The average Bonchev–Trinajstić information content (AvgIpc) is 2.54. The lowest BCUT2D eigenvalue weighted by molar-refractivity contribution is 0.599. The van der Waals surface area contributed by atoms with Crippen molar-refractivity contribution in [3.05, 3.63) is 54.2 Å². The lowest BCUT2D eigenvalue weighted by Crippen LogP contribution is -2.30. The fourth-order valence-electron chi connectivity index (χ4n) is 2.45. The summed E-state index contributed by atoms with van der Waals surface area (Å²) in [5.74, 6) is 0.457. The van der Waals surface area contributed by atoms with E-state index in [4.69, 9.17) is 0 Å². The third-order valence-electron chi connectivity index (χ3n) is 3.63. The van der Waals surface area contributed by atoms with Crippen molar-refractivity contribution in [2.75, 3.05) is 15.4 Å². The van der Waals surface area contributed by atoms with Crippen LogP contribution in [0.4, 0.5) is 11.5 Å². The molecule has 0 fully saturated rings. The van der Waals surface area contributed by atoms with E-state index in [1.807, 2.05) is 31.2 Å². The SMILES string of the molecule is CCCS(=O)(=O)Nc1ccc(N(Cc2ccccc2)C(C)C)cn1. The molecule has 0 unspecified atom stereocenters. The van der Waals surface area contributed by atoms with Gasteiger partial charge in [0.05, 0.1) is 17.6 Å². The van der Waals surface area contributed by atoms with Gasteiger partial charge < -0.3 is 4.90 Å². The van der Waals surface area contributed by atoms with Gasteiger partial charge >= 0.3 is 0 Å². The van der Waals surface area contributed by atoms with Crippen molar-refractivity contribution in [2.24, 2.45) is 0 Å². The van der Waals surface area contributed by atoms with Crippen molar-refractivity contribution in [3.63, 3.8) is 0 Å². The number of aromatic nitrogens is 1. The predicted octanol–water partition coefficient (Wildman–Crippen LogP) is 3.65. The number of benzene rings is 1. The molecule has 1 heterocycles. The van der Waals surface area contributed by atoms with E-state index in [-0.39, 0.29) is 5.75 Å². The number of rotatable bonds is 8. The largest absolute Gasteiger partial charge is 0.364 e. The molecule has 1 aromatic carbocycles. The highest BCUT2D eigenvalue weighted by Gasteiger charge is 2.13. The Balaban J connectivity index is 2.14. The number of sulfonamides is 1. The summed E-state index contributed by atoms with van der Waals surface area (Å²) in [5, 5.41) is 0. The van der Waals surface area contributed by atoms with Crippen molar-refractivity contribution in [3.8, 4) is 0 Å². The van der Waals surface area contributed by atoms with E-state index >= 15 is 0 Å². The van der Waals surface area contributed by atoms with Gasteiger partial charge in [-0.3, -0.25) is 4.72 Å². The third-order valence-corrected chi connectivity index (χ3v) is 5.10. The summed E-state index contributed by atoms with van der Waals surface area (Å²) in [6.45, 7) is 6.86. The molecule has 1 aromatic heterocycles. The van der Waals surface area contributed by atoms with Crippen LogP contribution in [-0.2, 0) is 16.6 Å². The van der Waals surface area contributed by atoms with E-state index in [1.54, 1.807) is 12.3 Å². The van der Waals surface area contributed by atoms with Crippen LogP contribution in [0, 0.1) is 0 Å². The zero-order chi connectivity index (χ0) is 17.6.